The molecule has 1 aromatic carbocycles. The zero-order valence-corrected chi connectivity index (χ0v) is 14.5. The van der Waals surface area contributed by atoms with E-state index in [1.807, 2.05) is 35.8 Å². The van der Waals surface area contributed by atoms with Gasteiger partial charge in [-0.25, -0.2) is 10.4 Å². The fourth-order valence-corrected chi connectivity index (χ4v) is 3.05. The van der Waals surface area contributed by atoms with Crippen LogP contribution in [0.2, 0.25) is 5.15 Å². The molecule has 2 aromatic heterocycles. The van der Waals surface area contributed by atoms with E-state index in [1.165, 1.54) is 23.1 Å². The van der Waals surface area contributed by atoms with E-state index in [1.54, 1.807) is 4.40 Å². The number of rotatable bonds is 6. The van der Waals surface area contributed by atoms with Crippen LogP contribution in [0.3, 0.4) is 0 Å². The molecule has 6 nitrogen and oxygen atoms in total. The molecule has 1 N–H and O–H groups in total. The Morgan fingerprint density at radius 1 is 1.46 bits per heavy atom. The number of amides is 1. The average molecular weight is 363 g/mol. The second-order valence-corrected chi connectivity index (χ2v) is 6.15. The molecule has 0 unspecified atom stereocenters. The van der Waals surface area contributed by atoms with Crippen molar-refractivity contribution >= 4 is 40.0 Å². The van der Waals surface area contributed by atoms with E-state index in [-0.39, 0.29) is 12.5 Å². The standard InChI is InChI=1S/C16H15ClN4O2S/c1-2-11-3-5-12(6-4-11)23-10-14(22)20-18-9-13-15(17)19-16-21(13)7-8-24-16/h3-9H,2,10H2,1H3,(H,20,22)/b18-9+. The normalized spacial score (nSPS) is 11.2. The lowest BCUT2D eigenvalue weighted by molar-refractivity contribution is -0.123. The van der Waals surface area contributed by atoms with E-state index in [2.05, 4.69) is 22.4 Å². The highest BCUT2D eigenvalue weighted by molar-refractivity contribution is 7.15. The highest BCUT2D eigenvalue weighted by Gasteiger charge is 2.09. The number of hydrazone groups is 1. The van der Waals surface area contributed by atoms with Crippen molar-refractivity contribution in [3.63, 3.8) is 0 Å². The largest absolute Gasteiger partial charge is 0.484 e. The van der Waals surface area contributed by atoms with E-state index >= 15 is 0 Å². The van der Waals surface area contributed by atoms with Gasteiger partial charge in [0, 0.05) is 11.6 Å². The van der Waals surface area contributed by atoms with Gasteiger partial charge >= 0.3 is 0 Å². The summed E-state index contributed by atoms with van der Waals surface area (Å²) in [7, 11) is 0. The number of aryl methyl sites for hydroxylation is 1. The molecule has 124 valence electrons. The molecular weight excluding hydrogens is 348 g/mol. The lowest BCUT2D eigenvalue weighted by Crippen LogP contribution is -2.24. The first kappa shape index (κ1) is 16.5. The van der Waals surface area contributed by atoms with Gasteiger partial charge in [-0.1, -0.05) is 30.7 Å². The maximum Gasteiger partial charge on any atom is 0.277 e. The first-order valence-corrected chi connectivity index (χ1v) is 8.58. The molecule has 0 aliphatic rings. The van der Waals surface area contributed by atoms with Crippen molar-refractivity contribution in [2.24, 2.45) is 5.10 Å². The monoisotopic (exact) mass is 362 g/mol. The first-order chi connectivity index (χ1) is 11.7. The number of thiazole rings is 1. The summed E-state index contributed by atoms with van der Waals surface area (Å²) in [5.74, 6) is 0.290. The Bertz CT molecular complexity index is 870. The molecule has 0 spiro atoms. The molecule has 8 heteroatoms. The Morgan fingerprint density at radius 3 is 3.00 bits per heavy atom. The molecule has 0 fully saturated rings. The topological polar surface area (TPSA) is 68.0 Å². The van der Waals surface area contributed by atoms with Crippen molar-refractivity contribution in [2.45, 2.75) is 13.3 Å². The number of halogens is 1. The molecule has 0 radical (unpaired) electrons. The Morgan fingerprint density at radius 2 is 2.25 bits per heavy atom. The third-order valence-corrected chi connectivity index (χ3v) is 4.37. The maximum atomic E-state index is 11.8. The Hall–Kier alpha value is -2.38. The number of aromatic nitrogens is 2. The molecule has 0 aliphatic carbocycles. The number of imidazole rings is 1. The summed E-state index contributed by atoms with van der Waals surface area (Å²) in [6, 6.07) is 7.63. The van der Waals surface area contributed by atoms with Crippen LogP contribution >= 0.6 is 22.9 Å². The smallest absolute Gasteiger partial charge is 0.277 e. The molecule has 0 aliphatic heterocycles. The van der Waals surface area contributed by atoms with Gasteiger partial charge in [0.2, 0.25) is 0 Å². The number of hydrogen-bond donors (Lipinski definition) is 1. The summed E-state index contributed by atoms with van der Waals surface area (Å²) in [6.45, 7) is 1.97. The second kappa shape index (κ2) is 7.46. The average Bonchev–Trinajstić information content (AvgIpc) is 3.15. The van der Waals surface area contributed by atoms with Crippen LogP contribution in [-0.4, -0.2) is 28.1 Å². The van der Waals surface area contributed by atoms with E-state index in [4.69, 9.17) is 16.3 Å². The highest BCUT2D eigenvalue weighted by atomic mass is 35.5. The van der Waals surface area contributed by atoms with Crippen molar-refractivity contribution in [2.75, 3.05) is 6.61 Å². The van der Waals surface area contributed by atoms with Crippen LogP contribution in [0.5, 0.6) is 5.75 Å². The molecule has 0 atom stereocenters. The van der Waals surface area contributed by atoms with Crippen LogP contribution in [0.15, 0.2) is 40.9 Å². The van der Waals surface area contributed by atoms with Crippen LogP contribution in [0, 0.1) is 0 Å². The molecular formula is C16H15ClN4O2S. The molecule has 0 saturated carbocycles. The molecule has 24 heavy (non-hydrogen) atoms. The van der Waals surface area contributed by atoms with Gasteiger partial charge in [0.1, 0.15) is 11.4 Å². The summed E-state index contributed by atoms with van der Waals surface area (Å²) in [4.78, 5) is 16.7. The van der Waals surface area contributed by atoms with Gasteiger partial charge in [-0.05, 0) is 24.1 Å². The zero-order valence-electron chi connectivity index (χ0n) is 12.9. The minimum atomic E-state index is -0.354. The number of carbonyl (C=O) groups excluding carboxylic acids is 1. The van der Waals surface area contributed by atoms with Gasteiger partial charge in [0.05, 0.1) is 6.21 Å². The molecule has 3 aromatic rings. The van der Waals surface area contributed by atoms with Gasteiger partial charge in [-0.3, -0.25) is 9.20 Å². The SMILES string of the molecule is CCc1ccc(OCC(=O)N/N=C/c2c(Cl)nc3sccn23)cc1. The number of nitrogens with one attached hydrogen (secondary N) is 1. The maximum absolute atomic E-state index is 11.8. The first-order valence-electron chi connectivity index (χ1n) is 7.32. The summed E-state index contributed by atoms with van der Waals surface area (Å²) >= 11 is 7.51. The van der Waals surface area contributed by atoms with E-state index in [9.17, 15) is 4.79 Å². The van der Waals surface area contributed by atoms with Crippen LogP contribution in [-0.2, 0) is 11.2 Å². The minimum Gasteiger partial charge on any atom is -0.484 e. The van der Waals surface area contributed by atoms with Gasteiger partial charge in [-0.15, -0.1) is 11.3 Å². The highest BCUT2D eigenvalue weighted by Crippen LogP contribution is 2.19. The van der Waals surface area contributed by atoms with Gasteiger partial charge in [0.25, 0.3) is 5.91 Å². The molecule has 3 rings (SSSR count). The van der Waals surface area contributed by atoms with Crippen molar-refractivity contribution in [3.8, 4) is 5.75 Å². The predicted octanol–water partition coefficient (Wildman–Crippen LogP) is 3.14. The van der Waals surface area contributed by atoms with Crippen molar-refractivity contribution in [3.05, 3.63) is 52.3 Å². The lowest BCUT2D eigenvalue weighted by Gasteiger charge is -2.05. The fourth-order valence-electron chi connectivity index (χ4n) is 2.06. The third-order valence-electron chi connectivity index (χ3n) is 3.33. The minimum absolute atomic E-state index is 0.114. The second-order valence-electron chi connectivity index (χ2n) is 4.92. The number of benzene rings is 1. The number of ether oxygens (including phenoxy) is 1. The van der Waals surface area contributed by atoms with Gasteiger partial charge < -0.3 is 4.74 Å². The molecule has 0 bridgehead atoms. The van der Waals surface area contributed by atoms with Crippen molar-refractivity contribution in [1.29, 1.82) is 0 Å². The zero-order chi connectivity index (χ0) is 16.9. The van der Waals surface area contributed by atoms with Crippen LogP contribution in [0.1, 0.15) is 18.2 Å². The van der Waals surface area contributed by atoms with E-state index in [0.717, 1.165) is 11.4 Å². The molecule has 0 saturated heterocycles. The van der Waals surface area contributed by atoms with Crippen molar-refractivity contribution < 1.29 is 9.53 Å². The van der Waals surface area contributed by atoms with E-state index < -0.39 is 0 Å². The number of carbonyl (C=O) groups is 1. The van der Waals surface area contributed by atoms with Crippen LogP contribution in [0.25, 0.3) is 4.96 Å². The summed E-state index contributed by atoms with van der Waals surface area (Å²) in [5, 5.41) is 6.13. The predicted molar refractivity (Wildman–Crippen MR) is 95.1 cm³/mol. The van der Waals surface area contributed by atoms with Gasteiger partial charge in [0.15, 0.2) is 16.7 Å². The molecule has 2 heterocycles. The summed E-state index contributed by atoms with van der Waals surface area (Å²) in [5.41, 5.74) is 4.24. The van der Waals surface area contributed by atoms with Crippen LogP contribution in [0.4, 0.5) is 0 Å². The number of hydrogen-bond acceptors (Lipinski definition) is 5. The fraction of sp³-hybridized carbons (Fsp3) is 0.188. The molecule has 1 amide bonds. The third kappa shape index (κ3) is 3.74. The quantitative estimate of drug-likeness (QED) is 0.541. The lowest BCUT2D eigenvalue weighted by atomic mass is 10.2. The Labute approximate surface area is 147 Å². The van der Waals surface area contributed by atoms with E-state index in [0.29, 0.717) is 16.6 Å². The summed E-state index contributed by atoms with van der Waals surface area (Å²) in [6.07, 6.45) is 4.26. The Balaban J connectivity index is 1.53. The summed E-state index contributed by atoms with van der Waals surface area (Å²) < 4.78 is 7.21. The van der Waals surface area contributed by atoms with Crippen LogP contribution < -0.4 is 10.2 Å². The number of nitrogens with zero attached hydrogens (tertiary/aromatic N) is 3. The number of fused-ring (bicyclic) bond motifs is 1. The Kier molecular flexibility index (Phi) is 5.12. The van der Waals surface area contributed by atoms with Crippen molar-refractivity contribution in [1.82, 2.24) is 14.8 Å². The van der Waals surface area contributed by atoms with Gasteiger partial charge in [-0.2, -0.15) is 5.10 Å².